The molecule has 1 aromatic heterocycles. The number of fused-ring (bicyclic) bond motifs is 1. The van der Waals surface area contributed by atoms with Gasteiger partial charge in [0.25, 0.3) is 11.8 Å². The van der Waals surface area contributed by atoms with Crippen molar-refractivity contribution in [1.82, 2.24) is 19.7 Å². The van der Waals surface area contributed by atoms with Gasteiger partial charge in [0.15, 0.2) is 0 Å². The summed E-state index contributed by atoms with van der Waals surface area (Å²) in [5.74, 6) is 0.302. The van der Waals surface area contributed by atoms with Crippen molar-refractivity contribution in [2.24, 2.45) is 0 Å². The van der Waals surface area contributed by atoms with Crippen molar-refractivity contribution in [3.63, 3.8) is 0 Å². The van der Waals surface area contributed by atoms with E-state index in [1.807, 2.05) is 21.0 Å². The second-order valence-corrected chi connectivity index (χ2v) is 7.22. The third kappa shape index (κ3) is 3.52. The number of carbonyl (C=O) groups is 2. The fraction of sp³-hybridized carbons (Fsp3) is 0.611. The second kappa shape index (κ2) is 7.09. The fourth-order valence-corrected chi connectivity index (χ4v) is 3.40. The van der Waals surface area contributed by atoms with E-state index in [-0.39, 0.29) is 11.8 Å². The molecule has 2 aliphatic rings. The molecule has 25 heavy (non-hydrogen) atoms. The van der Waals surface area contributed by atoms with Gasteiger partial charge in [-0.25, -0.2) is 4.98 Å². The van der Waals surface area contributed by atoms with Crippen LogP contribution in [0.25, 0.3) is 0 Å². The largest absolute Gasteiger partial charge is 0.353 e. The van der Waals surface area contributed by atoms with Crippen LogP contribution in [0.1, 0.15) is 32.8 Å². The van der Waals surface area contributed by atoms with Gasteiger partial charge in [0.2, 0.25) is 0 Å². The predicted molar refractivity (Wildman–Crippen MR) is 97.2 cm³/mol. The summed E-state index contributed by atoms with van der Waals surface area (Å²) in [5.41, 5.74) is 1.78. The summed E-state index contributed by atoms with van der Waals surface area (Å²) in [7, 11) is 6.06. The zero-order valence-electron chi connectivity index (χ0n) is 15.6. The van der Waals surface area contributed by atoms with E-state index in [1.165, 1.54) is 4.90 Å². The average Bonchev–Trinajstić information content (AvgIpc) is 2.79. The lowest BCUT2D eigenvalue weighted by Crippen LogP contribution is -2.45. The molecule has 0 atom stereocenters. The number of pyridine rings is 1. The molecule has 0 N–H and O–H groups in total. The van der Waals surface area contributed by atoms with Crippen LogP contribution in [0, 0.1) is 6.92 Å². The highest BCUT2D eigenvalue weighted by atomic mass is 16.2. The number of aromatic nitrogens is 1. The van der Waals surface area contributed by atoms with Crippen molar-refractivity contribution in [1.29, 1.82) is 0 Å². The van der Waals surface area contributed by atoms with Crippen LogP contribution in [0.3, 0.4) is 0 Å². The molecular weight excluding hydrogens is 318 g/mol. The van der Waals surface area contributed by atoms with Gasteiger partial charge in [-0.15, -0.1) is 0 Å². The van der Waals surface area contributed by atoms with Crippen molar-refractivity contribution < 1.29 is 9.59 Å². The zero-order valence-corrected chi connectivity index (χ0v) is 15.6. The predicted octanol–water partition coefficient (Wildman–Crippen LogP) is 0.690. The monoisotopic (exact) mass is 345 g/mol. The highest BCUT2D eigenvalue weighted by molar-refractivity contribution is 6.23. The summed E-state index contributed by atoms with van der Waals surface area (Å²) < 4.78 is 0. The van der Waals surface area contributed by atoms with E-state index in [1.54, 1.807) is 6.07 Å². The molecule has 136 valence electrons. The summed E-state index contributed by atoms with van der Waals surface area (Å²) in [4.78, 5) is 38.2. The third-order valence-electron chi connectivity index (χ3n) is 4.85. The van der Waals surface area contributed by atoms with Gasteiger partial charge in [0.05, 0.1) is 11.1 Å². The lowest BCUT2D eigenvalue weighted by Gasteiger charge is -2.34. The summed E-state index contributed by atoms with van der Waals surface area (Å²) in [5, 5.41) is 0. The average molecular weight is 345 g/mol. The summed E-state index contributed by atoms with van der Waals surface area (Å²) in [6.07, 6.45) is 0.773. The number of imide groups is 1. The van der Waals surface area contributed by atoms with Gasteiger partial charge in [-0.1, -0.05) is 0 Å². The highest BCUT2D eigenvalue weighted by Gasteiger charge is 2.39. The number of hydrogen-bond acceptors (Lipinski definition) is 6. The number of anilines is 1. The Bertz CT molecular complexity index is 680. The Kier molecular flexibility index (Phi) is 5.06. The number of likely N-dealkylation sites (N-methyl/N-ethyl adjacent to an activating group) is 1. The molecule has 1 fully saturated rings. The van der Waals surface area contributed by atoms with E-state index in [0.717, 1.165) is 44.8 Å². The molecule has 7 nitrogen and oxygen atoms in total. The molecule has 0 aromatic carbocycles. The molecule has 1 aromatic rings. The number of carbonyl (C=O) groups excluding carboxylic acids is 2. The molecule has 3 rings (SSSR count). The highest BCUT2D eigenvalue weighted by Crippen LogP contribution is 2.31. The first-order chi connectivity index (χ1) is 11.9. The molecule has 1 saturated heterocycles. The van der Waals surface area contributed by atoms with Crippen LogP contribution in [-0.4, -0.2) is 91.9 Å². The Balaban J connectivity index is 1.87. The molecule has 3 heterocycles. The summed E-state index contributed by atoms with van der Waals surface area (Å²) >= 11 is 0. The number of nitrogens with zero attached hydrogens (tertiary/aromatic N) is 5. The molecule has 7 heteroatoms. The lowest BCUT2D eigenvalue weighted by molar-refractivity contribution is 0.0649. The van der Waals surface area contributed by atoms with Crippen LogP contribution < -0.4 is 4.90 Å². The van der Waals surface area contributed by atoms with Crippen LogP contribution in [0.15, 0.2) is 6.07 Å². The van der Waals surface area contributed by atoms with Gasteiger partial charge in [-0.05, 0) is 47.1 Å². The fourth-order valence-electron chi connectivity index (χ4n) is 3.40. The molecule has 0 radical (unpaired) electrons. The number of rotatable bonds is 5. The molecule has 0 unspecified atom stereocenters. The molecule has 2 aliphatic heterocycles. The van der Waals surface area contributed by atoms with E-state index in [9.17, 15) is 9.59 Å². The molecule has 2 amide bonds. The minimum Gasteiger partial charge on any atom is -0.353 e. The third-order valence-corrected chi connectivity index (χ3v) is 4.85. The Morgan fingerprint density at radius 2 is 1.80 bits per heavy atom. The number of aryl methyl sites for hydroxylation is 1. The summed E-state index contributed by atoms with van der Waals surface area (Å²) in [6, 6.07) is 1.75. The van der Waals surface area contributed by atoms with Crippen molar-refractivity contribution in [3.8, 4) is 0 Å². The van der Waals surface area contributed by atoms with Crippen LogP contribution in [-0.2, 0) is 0 Å². The van der Waals surface area contributed by atoms with Gasteiger partial charge < -0.3 is 14.7 Å². The van der Waals surface area contributed by atoms with E-state index in [4.69, 9.17) is 0 Å². The Morgan fingerprint density at radius 3 is 2.44 bits per heavy atom. The van der Waals surface area contributed by atoms with Gasteiger partial charge >= 0.3 is 0 Å². The smallest absolute Gasteiger partial charge is 0.265 e. The van der Waals surface area contributed by atoms with Gasteiger partial charge in [-0.3, -0.25) is 14.5 Å². The first kappa shape index (κ1) is 17.8. The van der Waals surface area contributed by atoms with Gasteiger partial charge in [0, 0.05) is 38.4 Å². The first-order valence-electron chi connectivity index (χ1n) is 8.84. The maximum atomic E-state index is 12.9. The Hall–Kier alpha value is -1.99. The minimum atomic E-state index is -0.194. The lowest BCUT2D eigenvalue weighted by atomic mass is 10.1. The van der Waals surface area contributed by atoms with E-state index in [2.05, 4.69) is 26.7 Å². The summed E-state index contributed by atoms with van der Waals surface area (Å²) in [6.45, 7) is 6.68. The van der Waals surface area contributed by atoms with E-state index >= 15 is 0 Å². The normalized spacial score (nSPS) is 18.4. The van der Waals surface area contributed by atoms with Crippen molar-refractivity contribution >= 4 is 17.6 Å². The van der Waals surface area contributed by atoms with Crippen molar-refractivity contribution in [2.75, 3.05) is 65.3 Å². The zero-order chi connectivity index (χ0) is 18.1. The van der Waals surface area contributed by atoms with Crippen LogP contribution in [0.4, 0.5) is 5.82 Å². The molecular formula is C18H27N5O2. The Morgan fingerprint density at radius 1 is 1.12 bits per heavy atom. The SMILES string of the molecule is Cc1cc2c(c(N3CCN(C)CC3)n1)C(=O)N(CCCN(C)C)C2=O. The van der Waals surface area contributed by atoms with Crippen LogP contribution >= 0.6 is 0 Å². The van der Waals surface area contributed by atoms with Crippen molar-refractivity contribution in [2.45, 2.75) is 13.3 Å². The molecule has 0 spiro atoms. The molecule has 0 bridgehead atoms. The van der Waals surface area contributed by atoms with Crippen LogP contribution in [0.5, 0.6) is 0 Å². The van der Waals surface area contributed by atoms with E-state index < -0.39 is 0 Å². The second-order valence-electron chi connectivity index (χ2n) is 7.22. The number of piperazine rings is 1. The molecule has 0 aliphatic carbocycles. The minimum absolute atomic E-state index is 0.181. The Labute approximate surface area is 149 Å². The topological polar surface area (TPSA) is 60.0 Å². The van der Waals surface area contributed by atoms with E-state index in [0.29, 0.717) is 23.5 Å². The maximum absolute atomic E-state index is 12.9. The standard InChI is InChI=1S/C18H27N5O2/c1-13-12-14-15(16(19-13)22-10-8-21(4)9-11-22)18(25)23(17(14)24)7-5-6-20(2)3/h12H,5-11H2,1-4H3. The van der Waals surface area contributed by atoms with Crippen LogP contribution in [0.2, 0.25) is 0 Å². The molecule has 0 saturated carbocycles. The quantitative estimate of drug-likeness (QED) is 0.732. The number of amides is 2. The van der Waals surface area contributed by atoms with Crippen molar-refractivity contribution in [3.05, 3.63) is 22.9 Å². The number of hydrogen-bond donors (Lipinski definition) is 0. The first-order valence-corrected chi connectivity index (χ1v) is 8.84. The van der Waals surface area contributed by atoms with Gasteiger partial charge in [0.1, 0.15) is 5.82 Å². The maximum Gasteiger partial charge on any atom is 0.265 e. The van der Waals surface area contributed by atoms with Gasteiger partial charge in [-0.2, -0.15) is 0 Å².